The van der Waals surface area contributed by atoms with Gasteiger partial charge in [-0.05, 0) is 65.3 Å². The minimum absolute atomic E-state index is 0.0132. The summed E-state index contributed by atoms with van der Waals surface area (Å²) in [6.45, 7) is 11.7. The van der Waals surface area contributed by atoms with Gasteiger partial charge in [-0.1, -0.05) is 0 Å². The first-order valence-corrected chi connectivity index (χ1v) is 7.73. The Bertz CT molecular complexity index is 499. The molecule has 0 radical (unpaired) electrons. The number of rotatable bonds is 6. The summed E-state index contributed by atoms with van der Waals surface area (Å²) in [6, 6.07) is 5.37. The lowest BCUT2D eigenvalue weighted by Gasteiger charge is -2.28. The van der Waals surface area contributed by atoms with Crippen molar-refractivity contribution in [2.45, 2.75) is 59.8 Å². The van der Waals surface area contributed by atoms with Crippen molar-refractivity contribution in [2.75, 3.05) is 11.9 Å². The van der Waals surface area contributed by atoms with Crippen LogP contribution < -0.4 is 10.1 Å². The number of aliphatic hydroxyl groups excluding tert-OH is 1. The summed E-state index contributed by atoms with van der Waals surface area (Å²) in [4.78, 5) is 13.9. The van der Waals surface area contributed by atoms with Gasteiger partial charge in [0, 0.05) is 18.3 Å². The molecule has 5 heteroatoms. The van der Waals surface area contributed by atoms with E-state index < -0.39 is 6.10 Å². The Kier molecular flexibility index (Phi) is 6.68. The number of urea groups is 1. The summed E-state index contributed by atoms with van der Waals surface area (Å²) >= 11 is 0. The minimum Gasteiger partial charge on any atom is -0.491 e. The zero-order valence-electron chi connectivity index (χ0n) is 14.4. The maximum atomic E-state index is 12.3. The normalized spacial score (nSPS) is 12.4. The van der Waals surface area contributed by atoms with Crippen molar-refractivity contribution in [1.29, 1.82) is 0 Å². The van der Waals surface area contributed by atoms with E-state index in [0.29, 0.717) is 6.54 Å². The summed E-state index contributed by atoms with van der Waals surface area (Å²) in [7, 11) is 0. The first-order valence-electron chi connectivity index (χ1n) is 7.73. The second-order valence-corrected chi connectivity index (χ2v) is 6.17. The van der Waals surface area contributed by atoms with Crippen LogP contribution in [0.1, 0.15) is 40.2 Å². The number of hydrogen-bond acceptors (Lipinski definition) is 3. The van der Waals surface area contributed by atoms with Crippen LogP contribution in [0.25, 0.3) is 0 Å². The van der Waals surface area contributed by atoms with Crippen molar-refractivity contribution < 1.29 is 14.6 Å². The van der Waals surface area contributed by atoms with Crippen molar-refractivity contribution >= 4 is 11.7 Å². The van der Waals surface area contributed by atoms with Gasteiger partial charge in [0.25, 0.3) is 0 Å². The van der Waals surface area contributed by atoms with E-state index in [9.17, 15) is 9.90 Å². The molecular weight excluding hydrogens is 280 g/mol. The molecule has 2 N–H and O–H groups in total. The monoisotopic (exact) mass is 308 g/mol. The number of anilines is 1. The fraction of sp³-hybridized carbons (Fsp3) is 0.588. The average Bonchev–Trinajstić information content (AvgIpc) is 2.38. The van der Waals surface area contributed by atoms with Crippen LogP contribution in [0.3, 0.4) is 0 Å². The van der Waals surface area contributed by atoms with Crippen molar-refractivity contribution in [3.8, 4) is 5.75 Å². The molecule has 22 heavy (non-hydrogen) atoms. The van der Waals surface area contributed by atoms with E-state index in [1.54, 1.807) is 11.8 Å². The van der Waals surface area contributed by atoms with Gasteiger partial charge >= 0.3 is 6.03 Å². The molecule has 0 saturated heterocycles. The van der Waals surface area contributed by atoms with Crippen LogP contribution in [0.2, 0.25) is 0 Å². The molecule has 0 aromatic heterocycles. The minimum atomic E-state index is -0.559. The van der Waals surface area contributed by atoms with Crippen molar-refractivity contribution in [3.05, 3.63) is 23.8 Å². The highest BCUT2D eigenvalue weighted by Crippen LogP contribution is 2.23. The highest BCUT2D eigenvalue weighted by Gasteiger charge is 2.19. The van der Waals surface area contributed by atoms with Gasteiger partial charge in [0.15, 0.2) is 0 Å². The fourth-order valence-electron chi connectivity index (χ4n) is 2.12. The molecule has 1 rings (SSSR count). The quantitative estimate of drug-likeness (QED) is 0.846. The second kappa shape index (κ2) is 8.03. The Morgan fingerprint density at radius 3 is 2.36 bits per heavy atom. The number of nitrogens with zero attached hydrogens (tertiary/aromatic N) is 1. The van der Waals surface area contributed by atoms with Crippen LogP contribution in [0.4, 0.5) is 10.5 Å². The van der Waals surface area contributed by atoms with Gasteiger partial charge in [-0.2, -0.15) is 0 Å². The van der Waals surface area contributed by atoms with E-state index >= 15 is 0 Å². The van der Waals surface area contributed by atoms with E-state index in [1.165, 1.54) is 0 Å². The topological polar surface area (TPSA) is 61.8 Å². The standard InChI is InChI=1S/C17H28N2O3/c1-11(2)19(10-14(6)20)17(21)18-15-7-8-16(13(5)9-15)22-12(3)4/h7-9,11-12,14,20H,10H2,1-6H3,(H,18,21). The van der Waals surface area contributed by atoms with E-state index in [4.69, 9.17) is 4.74 Å². The Balaban J connectivity index is 2.80. The predicted octanol–water partition coefficient (Wildman–Crippen LogP) is 3.41. The van der Waals surface area contributed by atoms with Gasteiger partial charge in [0.1, 0.15) is 5.75 Å². The molecule has 0 aliphatic heterocycles. The van der Waals surface area contributed by atoms with E-state index in [2.05, 4.69) is 5.32 Å². The number of benzene rings is 1. The van der Waals surface area contributed by atoms with Gasteiger partial charge in [0.2, 0.25) is 0 Å². The number of carbonyl (C=O) groups is 1. The lowest BCUT2D eigenvalue weighted by Crippen LogP contribution is -2.43. The SMILES string of the molecule is Cc1cc(NC(=O)N(CC(C)O)C(C)C)ccc1OC(C)C. The first-order chi connectivity index (χ1) is 10.2. The average molecular weight is 308 g/mol. The lowest BCUT2D eigenvalue weighted by atomic mass is 10.2. The van der Waals surface area contributed by atoms with E-state index in [1.807, 2.05) is 52.8 Å². The van der Waals surface area contributed by atoms with Crippen molar-refractivity contribution in [2.24, 2.45) is 0 Å². The molecule has 0 heterocycles. The predicted molar refractivity (Wildman–Crippen MR) is 89.5 cm³/mol. The number of amides is 2. The fourth-order valence-corrected chi connectivity index (χ4v) is 2.12. The van der Waals surface area contributed by atoms with Gasteiger partial charge in [0.05, 0.1) is 12.2 Å². The Labute approximate surface area is 133 Å². The van der Waals surface area contributed by atoms with Crippen LogP contribution in [0.5, 0.6) is 5.75 Å². The third-order valence-electron chi connectivity index (χ3n) is 3.13. The molecule has 1 atom stereocenters. The third-order valence-corrected chi connectivity index (χ3v) is 3.13. The molecule has 2 amide bonds. The molecule has 0 spiro atoms. The summed E-state index contributed by atoms with van der Waals surface area (Å²) in [5.41, 5.74) is 1.69. The van der Waals surface area contributed by atoms with Crippen molar-refractivity contribution in [3.63, 3.8) is 0 Å². The van der Waals surface area contributed by atoms with Crippen LogP contribution >= 0.6 is 0 Å². The second-order valence-electron chi connectivity index (χ2n) is 6.17. The molecule has 5 nitrogen and oxygen atoms in total. The summed E-state index contributed by atoms with van der Waals surface area (Å²) in [5, 5.41) is 12.4. The van der Waals surface area contributed by atoms with E-state index in [-0.39, 0.29) is 18.2 Å². The Morgan fingerprint density at radius 1 is 1.27 bits per heavy atom. The summed E-state index contributed by atoms with van der Waals surface area (Å²) < 4.78 is 5.69. The van der Waals surface area contributed by atoms with Gasteiger partial charge in [-0.25, -0.2) is 4.79 Å². The van der Waals surface area contributed by atoms with E-state index in [0.717, 1.165) is 17.0 Å². The first kappa shape index (κ1) is 18.3. The number of aliphatic hydroxyl groups is 1. The van der Waals surface area contributed by atoms with Crippen LogP contribution in [0, 0.1) is 6.92 Å². The number of nitrogens with one attached hydrogen (secondary N) is 1. The van der Waals surface area contributed by atoms with Crippen LogP contribution in [-0.2, 0) is 0 Å². The highest BCUT2D eigenvalue weighted by atomic mass is 16.5. The van der Waals surface area contributed by atoms with Gasteiger partial charge in [-0.15, -0.1) is 0 Å². The molecule has 0 bridgehead atoms. The molecule has 0 fully saturated rings. The summed E-state index contributed by atoms with van der Waals surface area (Å²) in [6.07, 6.45) is -0.446. The van der Waals surface area contributed by atoms with Crippen molar-refractivity contribution in [1.82, 2.24) is 4.90 Å². The molecule has 1 aromatic carbocycles. The number of carbonyl (C=O) groups excluding carboxylic acids is 1. The maximum absolute atomic E-state index is 12.3. The van der Waals surface area contributed by atoms with Crippen LogP contribution in [-0.4, -0.2) is 40.8 Å². The zero-order chi connectivity index (χ0) is 16.9. The highest BCUT2D eigenvalue weighted by molar-refractivity contribution is 5.89. The Hall–Kier alpha value is -1.75. The zero-order valence-corrected chi connectivity index (χ0v) is 14.4. The molecule has 0 aliphatic rings. The molecule has 0 saturated carbocycles. The molecule has 1 aromatic rings. The lowest BCUT2D eigenvalue weighted by molar-refractivity contribution is 0.125. The Morgan fingerprint density at radius 2 is 1.91 bits per heavy atom. The largest absolute Gasteiger partial charge is 0.491 e. The molecule has 1 unspecified atom stereocenters. The molecule has 124 valence electrons. The molecule has 0 aliphatic carbocycles. The smallest absolute Gasteiger partial charge is 0.322 e. The van der Waals surface area contributed by atoms with Gasteiger partial charge in [-0.3, -0.25) is 0 Å². The number of aryl methyl sites for hydroxylation is 1. The third kappa shape index (κ3) is 5.56. The number of hydrogen-bond donors (Lipinski definition) is 2. The summed E-state index contributed by atoms with van der Waals surface area (Å²) in [5.74, 6) is 0.817. The van der Waals surface area contributed by atoms with Crippen LogP contribution in [0.15, 0.2) is 18.2 Å². The maximum Gasteiger partial charge on any atom is 0.322 e. The number of ether oxygens (including phenoxy) is 1. The molecular formula is C17H28N2O3. The van der Waals surface area contributed by atoms with Gasteiger partial charge < -0.3 is 20.1 Å².